The van der Waals surface area contributed by atoms with Gasteiger partial charge in [0.2, 0.25) is 5.91 Å². The fourth-order valence-corrected chi connectivity index (χ4v) is 2.60. The molecule has 0 aliphatic carbocycles. The predicted molar refractivity (Wildman–Crippen MR) is 71.4 cm³/mol. The second-order valence-corrected chi connectivity index (χ2v) is 5.67. The smallest absolute Gasteiger partial charge is 0.391 e. The van der Waals surface area contributed by atoms with Crippen molar-refractivity contribution >= 4 is 5.91 Å². The standard InChI is InChI=1S/C15H18F3NO2/c1-9(2)14(21)19-8-12(20)7-13(19)10-3-5-11(6-4-10)15(16,17)18/h3-6,9,12-13,20H,7-8H2,1-2H3. The van der Waals surface area contributed by atoms with Crippen molar-refractivity contribution in [1.29, 1.82) is 0 Å². The van der Waals surface area contributed by atoms with Crippen LogP contribution in [0.1, 0.15) is 37.4 Å². The first-order chi connectivity index (χ1) is 9.70. The lowest BCUT2D eigenvalue weighted by Gasteiger charge is -2.26. The molecule has 116 valence electrons. The number of hydrogen-bond acceptors (Lipinski definition) is 2. The topological polar surface area (TPSA) is 40.5 Å². The molecule has 1 N–H and O–H groups in total. The van der Waals surface area contributed by atoms with E-state index in [-0.39, 0.29) is 24.4 Å². The normalized spacial score (nSPS) is 22.9. The van der Waals surface area contributed by atoms with Gasteiger partial charge in [0.05, 0.1) is 17.7 Å². The summed E-state index contributed by atoms with van der Waals surface area (Å²) in [5.41, 5.74) is -0.0971. The summed E-state index contributed by atoms with van der Waals surface area (Å²) in [5, 5.41) is 9.77. The van der Waals surface area contributed by atoms with E-state index in [0.29, 0.717) is 12.0 Å². The summed E-state index contributed by atoms with van der Waals surface area (Å²) in [6.45, 7) is 3.75. The number of hydrogen-bond donors (Lipinski definition) is 1. The lowest BCUT2D eigenvalue weighted by atomic mass is 10.0. The molecule has 0 spiro atoms. The number of benzene rings is 1. The van der Waals surface area contributed by atoms with Crippen LogP contribution in [0.3, 0.4) is 0 Å². The molecule has 21 heavy (non-hydrogen) atoms. The number of halogens is 3. The van der Waals surface area contributed by atoms with E-state index in [9.17, 15) is 23.1 Å². The van der Waals surface area contributed by atoms with Gasteiger partial charge in [0.25, 0.3) is 0 Å². The van der Waals surface area contributed by atoms with Crippen LogP contribution in [0.4, 0.5) is 13.2 Å². The van der Waals surface area contributed by atoms with Gasteiger partial charge in [-0.3, -0.25) is 4.79 Å². The van der Waals surface area contributed by atoms with E-state index in [2.05, 4.69) is 0 Å². The Labute approximate surface area is 121 Å². The summed E-state index contributed by atoms with van der Waals surface area (Å²) in [5.74, 6) is -0.316. The molecule has 2 rings (SSSR count). The minimum atomic E-state index is -4.37. The third kappa shape index (κ3) is 3.37. The SMILES string of the molecule is CC(C)C(=O)N1CC(O)CC1c1ccc(C(F)(F)F)cc1. The third-order valence-electron chi connectivity index (χ3n) is 3.68. The van der Waals surface area contributed by atoms with E-state index in [0.717, 1.165) is 12.1 Å². The molecule has 2 unspecified atom stereocenters. The monoisotopic (exact) mass is 301 g/mol. The number of alkyl halides is 3. The minimum absolute atomic E-state index is 0.101. The Hall–Kier alpha value is -1.56. The van der Waals surface area contributed by atoms with Gasteiger partial charge in [-0.15, -0.1) is 0 Å². The van der Waals surface area contributed by atoms with Gasteiger partial charge in [0.15, 0.2) is 0 Å². The highest BCUT2D eigenvalue weighted by Crippen LogP contribution is 2.35. The van der Waals surface area contributed by atoms with Crippen molar-refractivity contribution in [1.82, 2.24) is 4.90 Å². The fraction of sp³-hybridized carbons (Fsp3) is 0.533. The van der Waals surface area contributed by atoms with Crippen molar-refractivity contribution in [2.75, 3.05) is 6.54 Å². The molecule has 1 aliphatic heterocycles. The molecule has 0 bridgehead atoms. The molecule has 0 saturated carbocycles. The van der Waals surface area contributed by atoms with Gasteiger partial charge in [-0.25, -0.2) is 0 Å². The van der Waals surface area contributed by atoms with E-state index in [1.807, 2.05) is 0 Å². The molecule has 0 radical (unpaired) electrons. The molecule has 1 aliphatic rings. The number of amides is 1. The Morgan fingerprint density at radius 2 is 1.86 bits per heavy atom. The molecule has 1 saturated heterocycles. The lowest BCUT2D eigenvalue weighted by molar-refractivity contribution is -0.138. The first-order valence-electron chi connectivity index (χ1n) is 6.86. The van der Waals surface area contributed by atoms with E-state index < -0.39 is 17.8 Å². The Morgan fingerprint density at radius 1 is 1.29 bits per heavy atom. The van der Waals surface area contributed by atoms with Gasteiger partial charge in [-0.05, 0) is 24.1 Å². The van der Waals surface area contributed by atoms with Crippen molar-refractivity contribution < 1.29 is 23.1 Å². The summed E-state index contributed by atoms with van der Waals surface area (Å²) in [7, 11) is 0. The Kier molecular flexibility index (Phi) is 4.27. The largest absolute Gasteiger partial charge is 0.416 e. The minimum Gasteiger partial charge on any atom is -0.391 e. The molecule has 2 atom stereocenters. The van der Waals surface area contributed by atoms with Gasteiger partial charge in [0, 0.05) is 12.5 Å². The van der Waals surface area contributed by atoms with E-state index >= 15 is 0 Å². The molecular formula is C15H18F3NO2. The van der Waals surface area contributed by atoms with Crippen molar-refractivity contribution in [3.63, 3.8) is 0 Å². The number of likely N-dealkylation sites (tertiary alicyclic amines) is 1. The zero-order chi connectivity index (χ0) is 15.8. The lowest BCUT2D eigenvalue weighted by Crippen LogP contribution is -2.34. The van der Waals surface area contributed by atoms with E-state index in [4.69, 9.17) is 0 Å². The number of rotatable bonds is 2. The quantitative estimate of drug-likeness (QED) is 0.912. The van der Waals surface area contributed by atoms with Crippen LogP contribution >= 0.6 is 0 Å². The number of carbonyl (C=O) groups is 1. The summed E-state index contributed by atoms with van der Waals surface area (Å²) >= 11 is 0. The van der Waals surface area contributed by atoms with Gasteiger partial charge in [-0.2, -0.15) is 13.2 Å². The highest BCUT2D eigenvalue weighted by molar-refractivity contribution is 5.79. The van der Waals surface area contributed by atoms with Crippen LogP contribution < -0.4 is 0 Å². The number of β-amino-alcohol motifs (C(OH)–C–C–N with tert-alkyl or cyclic N) is 1. The summed E-state index contributed by atoms with van der Waals surface area (Å²) in [6, 6.07) is 4.42. The second-order valence-electron chi connectivity index (χ2n) is 5.67. The molecule has 1 amide bonds. The van der Waals surface area contributed by atoms with Crippen LogP contribution in [-0.2, 0) is 11.0 Å². The maximum Gasteiger partial charge on any atom is 0.416 e. The molecule has 1 aromatic rings. The van der Waals surface area contributed by atoms with E-state index in [1.54, 1.807) is 18.7 Å². The summed E-state index contributed by atoms with van der Waals surface area (Å²) < 4.78 is 37.7. The first-order valence-corrected chi connectivity index (χ1v) is 6.86. The maximum absolute atomic E-state index is 12.6. The highest BCUT2D eigenvalue weighted by atomic mass is 19.4. The molecule has 6 heteroatoms. The van der Waals surface area contributed by atoms with Crippen LogP contribution in [0.25, 0.3) is 0 Å². The van der Waals surface area contributed by atoms with Crippen LogP contribution in [0, 0.1) is 5.92 Å². The molecule has 1 aromatic carbocycles. The maximum atomic E-state index is 12.6. The summed E-state index contributed by atoms with van der Waals surface area (Å²) in [4.78, 5) is 13.7. The van der Waals surface area contributed by atoms with Crippen LogP contribution in [0.2, 0.25) is 0 Å². The average molecular weight is 301 g/mol. The number of aliphatic hydroxyl groups excluding tert-OH is 1. The summed E-state index contributed by atoms with van der Waals surface area (Å²) in [6.07, 6.45) is -4.66. The predicted octanol–water partition coefficient (Wildman–Crippen LogP) is 3.00. The average Bonchev–Trinajstić information content (AvgIpc) is 2.79. The third-order valence-corrected chi connectivity index (χ3v) is 3.68. The fourth-order valence-electron chi connectivity index (χ4n) is 2.60. The van der Waals surface area contributed by atoms with Crippen molar-refractivity contribution in [3.8, 4) is 0 Å². The zero-order valence-electron chi connectivity index (χ0n) is 11.9. The molecule has 3 nitrogen and oxygen atoms in total. The number of carbonyl (C=O) groups excluding carboxylic acids is 1. The molecule has 0 aromatic heterocycles. The van der Waals surface area contributed by atoms with E-state index in [1.165, 1.54) is 12.1 Å². The molecule has 1 heterocycles. The molecule has 1 fully saturated rings. The Bertz CT molecular complexity index is 511. The van der Waals surface area contributed by atoms with Gasteiger partial charge in [0.1, 0.15) is 0 Å². The Balaban J connectivity index is 2.25. The van der Waals surface area contributed by atoms with Crippen LogP contribution in [-0.4, -0.2) is 28.6 Å². The zero-order valence-corrected chi connectivity index (χ0v) is 11.9. The van der Waals surface area contributed by atoms with Gasteiger partial charge >= 0.3 is 6.18 Å². The van der Waals surface area contributed by atoms with Gasteiger partial charge in [-0.1, -0.05) is 26.0 Å². The number of aliphatic hydroxyl groups is 1. The van der Waals surface area contributed by atoms with Crippen molar-refractivity contribution in [2.24, 2.45) is 5.92 Å². The van der Waals surface area contributed by atoms with Crippen molar-refractivity contribution in [3.05, 3.63) is 35.4 Å². The van der Waals surface area contributed by atoms with Crippen LogP contribution in [0.15, 0.2) is 24.3 Å². The Morgan fingerprint density at radius 3 is 2.33 bits per heavy atom. The van der Waals surface area contributed by atoms with Gasteiger partial charge < -0.3 is 10.0 Å². The number of nitrogens with zero attached hydrogens (tertiary/aromatic N) is 1. The van der Waals surface area contributed by atoms with Crippen LogP contribution in [0.5, 0.6) is 0 Å². The second kappa shape index (κ2) is 5.67. The van der Waals surface area contributed by atoms with Crippen molar-refractivity contribution in [2.45, 2.75) is 38.6 Å². The highest BCUT2D eigenvalue weighted by Gasteiger charge is 2.36. The first kappa shape index (κ1) is 15.8. The molecular weight excluding hydrogens is 283 g/mol.